The van der Waals surface area contributed by atoms with E-state index in [2.05, 4.69) is 12.2 Å². The summed E-state index contributed by atoms with van der Waals surface area (Å²) in [7, 11) is 1.75. The Labute approximate surface area is 113 Å². The lowest BCUT2D eigenvalue weighted by Gasteiger charge is -2.27. The number of unbranched alkanes of at least 4 members (excludes halogenated alkanes) is 4. The smallest absolute Gasteiger partial charge is 0.0587 e. The first-order valence-electron chi connectivity index (χ1n) is 7.60. The molecular formula is C15H31NO2. The van der Waals surface area contributed by atoms with Crippen molar-refractivity contribution < 1.29 is 9.47 Å². The minimum absolute atomic E-state index is 0.403. The predicted molar refractivity (Wildman–Crippen MR) is 76.0 cm³/mol. The molecule has 1 fully saturated rings. The molecule has 0 aliphatic carbocycles. The first-order valence-corrected chi connectivity index (χ1v) is 7.60. The van der Waals surface area contributed by atoms with E-state index in [1.165, 1.54) is 44.9 Å². The van der Waals surface area contributed by atoms with Crippen LogP contribution in [0.2, 0.25) is 0 Å². The Morgan fingerprint density at radius 1 is 1.22 bits per heavy atom. The zero-order valence-electron chi connectivity index (χ0n) is 12.3. The average molecular weight is 257 g/mol. The maximum Gasteiger partial charge on any atom is 0.0587 e. The van der Waals surface area contributed by atoms with Crippen LogP contribution in [0.15, 0.2) is 0 Å². The highest BCUT2D eigenvalue weighted by molar-refractivity contribution is 4.85. The Hall–Kier alpha value is -0.120. The molecule has 0 radical (unpaired) electrons. The lowest BCUT2D eigenvalue weighted by Crippen LogP contribution is -2.36. The topological polar surface area (TPSA) is 30.5 Å². The van der Waals surface area contributed by atoms with E-state index in [0.717, 1.165) is 32.9 Å². The Kier molecular flexibility index (Phi) is 8.64. The van der Waals surface area contributed by atoms with Crippen LogP contribution in [-0.2, 0) is 9.47 Å². The summed E-state index contributed by atoms with van der Waals surface area (Å²) < 4.78 is 10.7. The minimum atomic E-state index is 0.403. The molecule has 0 spiro atoms. The van der Waals surface area contributed by atoms with Gasteiger partial charge in [0.15, 0.2) is 0 Å². The van der Waals surface area contributed by atoms with Crippen LogP contribution in [0.25, 0.3) is 0 Å². The third-order valence-electron chi connectivity index (χ3n) is 3.98. The molecule has 0 aromatic rings. The summed E-state index contributed by atoms with van der Waals surface area (Å²) in [5, 5.41) is 3.52. The largest absolute Gasteiger partial charge is 0.383 e. The van der Waals surface area contributed by atoms with Crippen molar-refractivity contribution >= 4 is 0 Å². The zero-order chi connectivity index (χ0) is 13.1. The van der Waals surface area contributed by atoms with Crippen molar-refractivity contribution in [2.75, 3.05) is 40.0 Å². The van der Waals surface area contributed by atoms with Gasteiger partial charge in [0.2, 0.25) is 0 Å². The van der Waals surface area contributed by atoms with Gasteiger partial charge in [-0.05, 0) is 12.8 Å². The van der Waals surface area contributed by atoms with Gasteiger partial charge in [0.1, 0.15) is 0 Å². The Bertz CT molecular complexity index is 191. The summed E-state index contributed by atoms with van der Waals surface area (Å²) in [6.07, 6.45) is 9.38. The number of ether oxygens (including phenoxy) is 2. The van der Waals surface area contributed by atoms with Gasteiger partial charge in [0.25, 0.3) is 0 Å². The number of rotatable bonds is 11. The van der Waals surface area contributed by atoms with Crippen molar-refractivity contribution in [3.05, 3.63) is 0 Å². The Balaban J connectivity index is 2.16. The lowest BCUT2D eigenvalue weighted by atomic mass is 9.81. The number of nitrogens with one attached hydrogen (secondary N) is 1. The molecular weight excluding hydrogens is 226 g/mol. The highest BCUT2D eigenvalue weighted by Crippen LogP contribution is 2.33. The van der Waals surface area contributed by atoms with Crippen LogP contribution < -0.4 is 5.32 Å². The molecule has 0 saturated carbocycles. The zero-order valence-corrected chi connectivity index (χ0v) is 12.3. The molecule has 18 heavy (non-hydrogen) atoms. The SMILES string of the molecule is CCCCCCCC1(CNCCOC)CCOC1. The average Bonchev–Trinajstić information content (AvgIpc) is 2.84. The number of methoxy groups -OCH3 is 1. The molecule has 0 aromatic heterocycles. The molecule has 1 N–H and O–H groups in total. The lowest BCUT2D eigenvalue weighted by molar-refractivity contribution is 0.137. The van der Waals surface area contributed by atoms with Gasteiger partial charge < -0.3 is 14.8 Å². The van der Waals surface area contributed by atoms with Crippen molar-refractivity contribution in [1.29, 1.82) is 0 Å². The van der Waals surface area contributed by atoms with Gasteiger partial charge in [-0.25, -0.2) is 0 Å². The predicted octanol–water partition coefficient (Wildman–Crippen LogP) is 2.99. The molecule has 1 rings (SSSR count). The number of hydrogen-bond acceptors (Lipinski definition) is 3. The standard InChI is InChI=1S/C15H31NO2/c1-3-4-5-6-7-8-15(9-11-18-14-15)13-16-10-12-17-2/h16H,3-14H2,1-2H3. The molecule has 1 aliphatic rings. The summed E-state index contributed by atoms with van der Waals surface area (Å²) in [5.41, 5.74) is 0.403. The van der Waals surface area contributed by atoms with Crippen LogP contribution in [0.1, 0.15) is 51.9 Å². The van der Waals surface area contributed by atoms with E-state index < -0.39 is 0 Å². The molecule has 0 aromatic carbocycles. The fourth-order valence-electron chi connectivity index (χ4n) is 2.71. The molecule has 0 amide bonds. The second-order valence-corrected chi connectivity index (χ2v) is 5.64. The molecule has 0 bridgehead atoms. The Morgan fingerprint density at radius 2 is 2.06 bits per heavy atom. The van der Waals surface area contributed by atoms with Crippen molar-refractivity contribution in [2.24, 2.45) is 5.41 Å². The number of hydrogen-bond donors (Lipinski definition) is 1. The van der Waals surface area contributed by atoms with Gasteiger partial charge in [-0.1, -0.05) is 39.0 Å². The van der Waals surface area contributed by atoms with Gasteiger partial charge in [-0.2, -0.15) is 0 Å². The van der Waals surface area contributed by atoms with Crippen molar-refractivity contribution in [3.63, 3.8) is 0 Å². The summed E-state index contributed by atoms with van der Waals surface area (Å²) in [4.78, 5) is 0. The summed E-state index contributed by atoms with van der Waals surface area (Å²) in [6.45, 7) is 7.00. The van der Waals surface area contributed by atoms with E-state index >= 15 is 0 Å². The molecule has 1 heterocycles. The van der Waals surface area contributed by atoms with Crippen LogP contribution in [-0.4, -0.2) is 40.0 Å². The fourth-order valence-corrected chi connectivity index (χ4v) is 2.71. The van der Waals surface area contributed by atoms with E-state index in [4.69, 9.17) is 9.47 Å². The van der Waals surface area contributed by atoms with E-state index in [9.17, 15) is 0 Å². The quantitative estimate of drug-likeness (QED) is 0.577. The molecule has 3 nitrogen and oxygen atoms in total. The third kappa shape index (κ3) is 6.17. The van der Waals surface area contributed by atoms with Crippen LogP contribution in [0.4, 0.5) is 0 Å². The van der Waals surface area contributed by atoms with E-state index in [0.29, 0.717) is 5.41 Å². The Morgan fingerprint density at radius 3 is 2.72 bits per heavy atom. The molecule has 1 atom stereocenters. The van der Waals surface area contributed by atoms with E-state index in [-0.39, 0.29) is 0 Å². The van der Waals surface area contributed by atoms with Gasteiger partial charge in [0, 0.05) is 32.2 Å². The minimum Gasteiger partial charge on any atom is -0.383 e. The normalized spacial score (nSPS) is 23.7. The van der Waals surface area contributed by atoms with Gasteiger partial charge >= 0.3 is 0 Å². The molecule has 1 unspecified atom stereocenters. The van der Waals surface area contributed by atoms with Gasteiger partial charge in [0.05, 0.1) is 13.2 Å². The second-order valence-electron chi connectivity index (χ2n) is 5.64. The van der Waals surface area contributed by atoms with Crippen molar-refractivity contribution in [2.45, 2.75) is 51.9 Å². The summed E-state index contributed by atoms with van der Waals surface area (Å²) >= 11 is 0. The summed E-state index contributed by atoms with van der Waals surface area (Å²) in [6, 6.07) is 0. The van der Waals surface area contributed by atoms with Crippen LogP contribution in [0.5, 0.6) is 0 Å². The van der Waals surface area contributed by atoms with E-state index in [1.54, 1.807) is 7.11 Å². The summed E-state index contributed by atoms with van der Waals surface area (Å²) in [5.74, 6) is 0. The van der Waals surface area contributed by atoms with Crippen LogP contribution in [0, 0.1) is 5.41 Å². The monoisotopic (exact) mass is 257 g/mol. The highest BCUT2D eigenvalue weighted by atomic mass is 16.5. The van der Waals surface area contributed by atoms with Crippen LogP contribution >= 0.6 is 0 Å². The van der Waals surface area contributed by atoms with E-state index in [1.807, 2.05) is 0 Å². The second kappa shape index (κ2) is 9.76. The van der Waals surface area contributed by atoms with Crippen molar-refractivity contribution in [3.8, 4) is 0 Å². The first kappa shape index (κ1) is 15.9. The maximum absolute atomic E-state index is 5.62. The highest BCUT2D eigenvalue weighted by Gasteiger charge is 2.33. The van der Waals surface area contributed by atoms with Crippen LogP contribution in [0.3, 0.4) is 0 Å². The molecule has 1 aliphatic heterocycles. The maximum atomic E-state index is 5.62. The third-order valence-corrected chi connectivity index (χ3v) is 3.98. The molecule has 3 heteroatoms. The fraction of sp³-hybridized carbons (Fsp3) is 1.00. The molecule has 108 valence electrons. The van der Waals surface area contributed by atoms with Gasteiger partial charge in [-0.3, -0.25) is 0 Å². The first-order chi connectivity index (χ1) is 8.83. The van der Waals surface area contributed by atoms with Gasteiger partial charge in [-0.15, -0.1) is 0 Å². The van der Waals surface area contributed by atoms with Crippen molar-refractivity contribution in [1.82, 2.24) is 5.32 Å². The molecule has 1 saturated heterocycles.